The van der Waals surface area contributed by atoms with E-state index in [1.807, 2.05) is 6.92 Å². The molecule has 0 bridgehead atoms. The lowest BCUT2D eigenvalue weighted by Crippen LogP contribution is -2.37. The predicted octanol–water partition coefficient (Wildman–Crippen LogP) is 2.90. The van der Waals surface area contributed by atoms with Crippen molar-refractivity contribution in [3.05, 3.63) is 29.3 Å². The Balaban J connectivity index is 3.01. The van der Waals surface area contributed by atoms with Crippen molar-refractivity contribution in [3.8, 4) is 0 Å². The van der Waals surface area contributed by atoms with Gasteiger partial charge in [-0.15, -0.1) is 0 Å². The fourth-order valence-electron chi connectivity index (χ4n) is 1.87. The van der Waals surface area contributed by atoms with Crippen LogP contribution in [0.2, 0.25) is 0 Å². The van der Waals surface area contributed by atoms with Crippen LogP contribution >= 0.6 is 0 Å². The van der Waals surface area contributed by atoms with Crippen molar-refractivity contribution in [3.63, 3.8) is 0 Å². The number of carbonyl (C=O) groups excluding carboxylic acids is 1. The average Bonchev–Trinajstić information content (AvgIpc) is 2.44. The van der Waals surface area contributed by atoms with E-state index < -0.39 is 17.6 Å². The summed E-state index contributed by atoms with van der Waals surface area (Å²) in [5.74, 6) is -0.549. The fraction of sp³-hybridized carbons (Fsp3) is 0.500. The van der Waals surface area contributed by atoms with Crippen molar-refractivity contribution in [2.75, 3.05) is 26.1 Å². The molecule has 0 aromatic heterocycles. The molecule has 0 aliphatic rings. The Bertz CT molecular complexity index is 490. The summed E-state index contributed by atoms with van der Waals surface area (Å²) >= 11 is 0. The maximum atomic E-state index is 12.9. The highest BCUT2D eigenvalue weighted by atomic mass is 19.4. The van der Waals surface area contributed by atoms with Crippen LogP contribution in [0.25, 0.3) is 0 Å². The first-order valence-corrected chi connectivity index (χ1v) is 6.52. The van der Waals surface area contributed by atoms with Gasteiger partial charge in [0.1, 0.15) is 0 Å². The standard InChI is InChI=1S/C14H19F3N2O2/c1-4-10(8-21-3)19-13(20)9-5-6-12(18-2)11(7-9)14(15,16)17/h5-7,10,18H,4,8H2,1-3H3,(H,19,20). The number of carbonyl (C=O) groups is 1. The average molecular weight is 304 g/mol. The van der Waals surface area contributed by atoms with Crippen LogP contribution in [-0.4, -0.2) is 32.7 Å². The number of ether oxygens (including phenoxy) is 1. The van der Waals surface area contributed by atoms with E-state index in [0.29, 0.717) is 13.0 Å². The Hall–Kier alpha value is -1.76. The van der Waals surface area contributed by atoms with E-state index in [-0.39, 0.29) is 17.3 Å². The normalized spacial score (nSPS) is 12.9. The molecule has 0 heterocycles. The van der Waals surface area contributed by atoms with Gasteiger partial charge in [-0.2, -0.15) is 13.2 Å². The number of rotatable bonds is 6. The van der Waals surface area contributed by atoms with E-state index >= 15 is 0 Å². The second-order valence-electron chi connectivity index (χ2n) is 4.54. The molecule has 0 aliphatic carbocycles. The zero-order chi connectivity index (χ0) is 16.0. The molecule has 1 atom stereocenters. The minimum atomic E-state index is -4.52. The molecule has 2 N–H and O–H groups in total. The lowest BCUT2D eigenvalue weighted by molar-refractivity contribution is -0.136. The molecule has 7 heteroatoms. The van der Waals surface area contributed by atoms with Gasteiger partial charge < -0.3 is 15.4 Å². The zero-order valence-corrected chi connectivity index (χ0v) is 12.2. The molecule has 1 rings (SSSR count). The van der Waals surface area contributed by atoms with Crippen LogP contribution in [0.3, 0.4) is 0 Å². The van der Waals surface area contributed by atoms with Crippen LogP contribution in [0.15, 0.2) is 18.2 Å². The molecule has 0 saturated heterocycles. The molecule has 4 nitrogen and oxygen atoms in total. The van der Waals surface area contributed by atoms with Crippen molar-refractivity contribution in [2.45, 2.75) is 25.6 Å². The Morgan fingerprint density at radius 3 is 2.52 bits per heavy atom. The summed E-state index contributed by atoms with van der Waals surface area (Å²) < 4.78 is 43.8. The molecule has 0 aliphatic heterocycles. The summed E-state index contributed by atoms with van der Waals surface area (Å²) in [5, 5.41) is 5.12. The third kappa shape index (κ3) is 4.63. The van der Waals surface area contributed by atoms with Crippen molar-refractivity contribution in [1.82, 2.24) is 5.32 Å². The minimum Gasteiger partial charge on any atom is -0.388 e. The second-order valence-corrected chi connectivity index (χ2v) is 4.54. The summed E-state index contributed by atoms with van der Waals surface area (Å²) in [5.41, 5.74) is -0.962. The van der Waals surface area contributed by atoms with Crippen LogP contribution in [-0.2, 0) is 10.9 Å². The fourth-order valence-corrected chi connectivity index (χ4v) is 1.87. The molecular weight excluding hydrogens is 285 g/mol. The van der Waals surface area contributed by atoms with Gasteiger partial charge in [-0.05, 0) is 24.6 Å². The van der Waals surface area contributed by atoms with Gasteiger partial charge in [0, 0.05) is 25.4 Å². The molecule has 0 saturated carbocycles. The first-order chi connectivity index (χ1) is 9.83. The molecule has 0 fully saturated rings. The van der Waals surface area contributed by atoms with Gasteiger partial charge >= 0.3 is 6.18 Å². The van der Waals surface area contributed by atoms with Crippen LogP contribution in [0.1, 0.15) is 29.3 Å². The highest BCUT2D eigenvalue weighted by Gasteiger charge is 2.34. The van der Waals surface area contributed by atoms with Crippen LogP contribution < -0.4 is 10.6 Å². The summed E-state index contributed by atoms with van der Waals surface area (Å²) in [7, 11) is 2.90. The Labute approximate surface area is 121 Å². The topological polar surface area (TPSA) is 50.4 Å². The van der Waals surface area contributed by atoms with Gasteiger partial charge in [0.15, 0.2) is 0 Å². The zero-order valence-electron chi connectivity index (χ0n) is 12.2. The van der Waals surface area contributed by atoms with Crippen molar-refractivity contribution >= 4 is 11.6 Å². The van der Waals surface area contributed by atoms with Gasteiger partial charge in [-0.3, -0.25) is 4.79 Å². The van der Waals surface area contributed by atoms with Gasteiger partial charge in [0.25, 0.3) is 5.91 Å². The third-order valence-electron chi connectivity index (χ3n) is 3.05. The van der Waals surface area contributed by atoms with Crippen molar-refractivity contribution < 1.29 is 22.7 Å². The Kier molecular flexibility index (Phi) is 6.02. The maximum absolute atomic E-state index is 12.9. The maximum Gasteiger partial charge on any atom is 0.418 e. The molecule has 1 amide bonds. The largest absolute Gasteiger partial charge is 0.418 e. The minimum absolute atomic E-state index is 0.0316. The van der Waals surface area contributed by atoms with Crippen molar-refractivity contribution in [2.24, 2.45) is 0 Å². The van der Waals surface area contributed by atoms with Gasteiger partial charge in [0.05, 0.1) is 18.2 Å². The van der Waals surface area contributed by atoms with Crippen LogP contribution in [0, 0.1) is 0 Å². The highest BCUT2D eigenvalue weighted by molar-refractivity contribution is 5.95. The first kappa shape index (κ1) is 17.3. The Morgan fingerprint density at radius 1 is 1.38 bits per heavy atom. The molecule has 0 spiro atoms. The van der Waals surface area contributed by atoms with Crippen molar-refractivity contribution in [1.29, 1.82) is 0 Å². The lowest BCUT2D eigenvalue weighted by Gasteiger charge is -2.17. The SMILES string of the molecule is CCC(COC)NC(=O)c1ccc(NC)c(C(F)(F)F)c1. The number of hydrogen-bond donors (Lipinski definition) is 2. The van der Waals surface area contributed by atoms with Gasteiger partial charge in [-0.1, -0.05) is 6.92 Å². The highest BCUT2D eigenvalue weighted by Crippen LogP contribution is 2.35. The van der Waals surface area contributed by atoms with E-state index in [2.05, 4.69) is 10.6 Å². The number of methoxy groups -OCH3 is 1. The number of nitrogens with one attached hydrogen (secondary N) is 2. The Morgan fingerprint density at radius 2 is 2.05 bits per heavy atom. The van der Waals surface area contributed by atoms with Crippen LogP contribution in [0.5, 0.6) is 0 Å². The monoisotopic (exact) mass is 304 g/mol. The van der Waals surface area contributed by atoms with E-state index in [0.717, 1.165) is 6.07 Å². The quantitative estimate of drug-likeness (QED) is 0.849. The summed E-state index contributed by atoms with van der Waals surface area (Å²) in [6.45, 7) is 2.16. The van der Waals surface area contributed by atoms with Gasteiger partial charge in [0.2, 0.25) is 0 Å². The summed E-state index contributed by atoms with van der Waals surface area (Å²) in [4.78, 5) is 12.0. The molecule has 1 unspecified atom stereocenters. The molecule has 118 valence electrons. The van der Waals surface area contributed by atoms with E-state index in [4.69, 9.17) is 4.74 Å². The van der Waals surface area contributed by atoms with Gasteiger partial charge in [-0.25, -0.2) is 0 Å². The number of anilines is 1. The number of amides is 1. The second kappa shape index (κ2) is 7.31. The van der Waals surface area contributed by atoms with E-state index in [9.17, 15) is 18.0 Å². The van der Waals surface area contributed by atoms with E-state index in [1.165, 1.54) is 26.3 Å². The molecule has 0 radical (unpaired) electrons. The summed E-state index contributed by atoms with van der Waals surface area (Å²) in [6, 6.07) is 3.21. The lowest BCUT2D eigenvalue weighted by atomic mass is 10.1. The predicted molar refractivity (Wildman–Crippen MR) is 74.4 cm³/mol. The number of benzene rings is 1. The number of hydrogen-bond acceptors (Lipinski definition) is 3. The number of alkyl halides is 3. The smallest absolute Gasteiger partial charge is 0.388 e. The third-order valence-corrected chi connectivity index (χ3v) is 3.05. The molecule has 1 aromatic carbocycles. The summed E-state index contributed by atoms with van der Waals surface area (Å²) in [6.07, 6.45) is -3.90. The van der Waals surface area contributed by atoms with Crippen LogP contribution in [0.4, 0.5) is 18.9 Å². The van der Waals surface area contributed by atoms with E-state index in [1.54, 1.807) is 0 Å². The first-order valence-electron chi connectivity index (χ1n) is 6.52. The molecule has 1 aromatic rings. The number of halogens is 3. The molecular formula is C14H19F3N2O2. The molecule has 21 heavy (non-hydrogen) atoms.